The van der Waals surface area contributed by atoms with Crippen molar-refractivity contribution in [1.29, 1.82) is 0 Å². The number of carbonyl (C=O) groups excluding carboxylic acids is 2. The number of fused-ring (bicyclic) bond motifs is 3. The molecule has 2 aromatic rings. The SMILES string of the molecule is COC(=O)[C@@H](C)NC(=O)OCC1c2ccccc2-c2ccccc21. The predicted octanol–water partition coefficient (Wildman–Crippen LogP) is 3.09. The molecule has 0 heterocycles. The number of hydrogen-bond acceptors (Lipinski definition) is 4. The maximum absolute atomic E-state index is 11.9. The third-order valence-electron chi connectivity index (χ3n) is 4.23. The molecule has 0 unspecified atom stereocenters. The van der Waals surface area contributed by atoms with Crippen LogP contribution in [0.1, 0.15) is 24.0 Å². The Hall–Kier alpha value is -2.82. The first-order chi connectivity index (χ1) is 11.6. The summed E-state index contributed by atoms with van der Waals surface area (Å²) in [6.07, 6.45) is -0.630. The van der Waals surface area contributed by atoms with E-state index in [1.165, 1.54) is 18.2 Å². The quantitative estimate of drug-likeness (QED) is 0.877. The zero-order valence-electron chi connectivity index (χ0n) is 13.6. The third kappa shape index (κ3) is 2.97. The molecule has 1 amide bonds. The van der Waals surface area contributed by atoms with Crippen molar-refractivity contribution in [1.82, 2.24) is 5.32 Å². The van der Waals surface area contributed by atoms with Gasteiger partial charge in [0.25, 0.3) is 0 Å². The number of methoxy groups -OCH3 is 1. The summed E-state index contributed by atoms with van der Waals surface area (Å²) in [6.45, 7) is 1.76. The molecule has 1 aliphatic carbocycles. The van der Waals surface area contributed by atoms with Crippen molar-refractivity contribution in [2.24, 2.45) is 0 Å². The molecule has 5 nitrogen and oxygen atoms in total. The van der Waals surface area contributed by atoms with E-state index < -0.39 is 18.1 Å². The highest BCUT2D eigenvalue weighted by atomic mass is 16.6. The second kappa shape index (κ2) is 6.74. The molecule has 0 saturated carbocycles. The van der Waals surface area contributed by atoms with Crippen LogP contribution in [-0.2, 0) is 14.3 Å². The van der Waals surface area contributed by atoms with E-state index in [9.17, 15) is 9.59 Å². The number of ether oxygens (including phenoxy) is 2. The molecule has 0 aromatic heterocycles. The van der Waals surface area contributed by atoms with Gasteiger partial charge >= 0.3 is 12.1 Å². The van der Waals surface area contributed by atoms with E-state index in [2.05, 4.69) is 34.3 Å². The molecule has 0 aliphatic heterocycles. The van der Waals surface area contributed by atoms with Crippen molar-refractivity contribution in [3.63, 3.8) is 0 Å². The molecule has 3 rings (SSSR count). The Kier molecular flexibility index (Phi) is 4.51. The summed E-state index contributed by atoms with van der Waals surface area (Å²) >= 11 is 0. The van der Waals surface area contributed by atoms with Crippen molar-refractivity contribution in [2.75, 3.05) is 13.7 Å². The first-order valence-corrected chi connectivity index (χ1v) is 7.81. The van der Waals surface area contributed by atoms with E-state index in [4.69, 9.17) is 4.74 Å². The Morgan fingerprint density at radius 3 is 2.12 bits per heavy atom. The predicted molar refractivity (Wildman–Crippen MR) is 89.7 cm³/mol. The second-order valence-electron chi connectivity index (χ2n) is 5.71. The van der Waals surface area contributed by atoms with Gasteiger partial charge in [0.1, 0.15) is 12.6 Å². The van der Waals surface area contributed by atoms with Gasteiger partial charge in [-0.25, -0.2) is 9.59 Å². The number of rotatable bonds is 4. The van der Waals surface area contributed by atoms with Crippen LogP contribution < -0.4 is 5.32 Å². The maximum Gasteiger partial charge on any atom is 0.407 e. The molecule has 2 aromatic carbocycles. The van der Waals surface area contributed by atoms with Crippen LogP contribution in [0.4, 0.5) is 4.79 Å². The van der Waals surface area contributed by atoms with Gasteiger partial charge in [0.05, 0.1) is 7.11 Å². The van der Waals surface area contributed by atoms with Crippen LogP contribution >= 0.6 is 0 Å². The molecule has 1 N–H and O–H groups in total. The van der Waals surface area contributed by atoms with Crippen molar-refractivity contribution in [2.45, 2.75) is 18.9 Å². The first-order valence-electron chi connectivity index (χ1n) is 7.81. The minimum Gasteiger partial charge on any atom is -0.467 e. The largest absolute Gasteiger partial charge is 0.467 e. The maximum atomic E-state index is 11.9. The molecule has 5 heteroatoms. The summed E-state index contributed by atoms with van der Waals surface area (Å²) in [6, 6.07) is 15.5. The lowest BCUT2D eigenvalue weighted by atomic mass is 9.98. The molecular formula is C19H19NO4. The molecule has 0 saturated heterocycles. The number of amides is 1. The summed E-state index contributed by atoms with van der Waals surface area (Å²) in [5.74, 6) is -0.514. The third-order valence-corrected chi connectivity index (χ3v) is 4.23. The number of carbonyl (C=O) groups is 2. The minimum absolute atomic E-state index is 0.00316. The van der Waals surface area contributed by atoms with E-state index in [1.807, 2.05) is 24.3 Å². The molecule has 124 valence electrons. The molecule has 0 bridgehead atoms. The van der Waals surface area contributed by atoms with Gasteiger partial charge in [-0.3, -0.25) is 0 Å². The van der Waals surface area contributed by atoms with Crippen LogP contribution in [0.15, 0.2) is 48.5 Å². The van der Waals surface area contributed by atoms with Gasteiger partial charge < -0.3 is 14.8 Å². The van der Waals surface area contributed by atoms with E-state index in [-0.39, 0.29) is 12.5 Å². The number of nitrogens with one attached hydrogen (secondary N) is 1. The van der Waals surface area contributed by atoms with E-state index in [0.717, 1.165) is 11.1 Å². The normalized spacial score (nSPS) is 13.6. The van der Waals surface area contributed by atoms with Gasteiger partial charge in [-0.2, -0.15) is 0 Å². The Morgan fingerprint density at radius 1 is 1.04 bits per heavy atom. The van der Waals surface area contributed by atoms with Crippen molar-refractivity contribution in [3.8, 4) is 11.1 Å². The number of alkyl carbamates (subject to hydrolysis) is 1. The molecule has 1 aliphatic rings. The lowest BCUT2D eigenvalue weighted by Gasteiger charge is -2.16. The van der Waals surface area contributed by atoms with Crippen LogP contribution in [-0.4, -0.2) is 31.8 Å². The van der Waals surface area contributed by atoms with Crippen LogP contribution in [0.25, 0.3) is 11.1 Å². The molecule has 0 spiro atoms. The molecule has 1 atom stereocenters. The van der Waals surface area contributed by atoms with Gasteiger partial charge in [0.15, 0.2) is 0 Å². The molecule has 0 radical (unpaired) electrons. The fraction of sp³-hybridized carbons (Fsp3) is 0.263. The minimum atomic E-state index is -0.745. The summed E-state index contributed by atoms with van der Waals surface area (Å²) in [5, 5.41) is 2.47. The van der Waals surface area contributed by atoms with E-state index in [0.29, 0.717) is 0 Å². The van der Waals surface area contributed by atoms with Crippen molar-refractivity contribution < 1.29 is 19.1 Å². The Morgan fingerprint density at radius 2 is 1.58 bits per heavy atom. The summed E-state index contributed by atoms with van der Waals surface area (Å²) in [5.41, 5.74) is 4.63. The molecular weight excluding hydrogens is 306 g/mol. The van der Waals surface area contributed by atoms with Gasteiger partial charge in [-0.1, -0.05) is 48.5 Å². The van der Waals surface area contributed by atoms with Gasteiger partial charge in [-0.05, 0) is 29.2 Å². The fourth-order valence-electron chi connectivity index (χ4n) is 3.05. The Balaban J connectivity index is 1.72. The van der Waals surface area contributed by atoms with Crippen LogP contribution in [0, 0.1) is 0 Å². The highest BCUT2D eigenvalue weighted by Gasteiger charge is 2.29. The van der Waals surface area contributed by atoms with Crippen molar-refractivity contribution in [3.05, 3.63) is 59.7 Å². The fourth-order valence-corrected chi connectivity index (χ4v) is 3.05. The highest BCUT2D eigenvalue weighted by Crippen LogP contribution is 2.44. The average molecular weight is 325 g/mol. The summed E-state index contributed by atoms with van der Waals surface area (Å²) < 4.78 is 9.92. The lowest BCUT2D eigenvalue weighted by molar-refractivity contribution is -0.142. The first kappa shape index (κ1) is 16.1. The number of benzene rings is 2. The van der Waals surface area contributed by atoms with Gasteiger partial charge in [-0.15, -0.1) is 0 Å². The summed E-state index contributed by atoms with van der Waals surface area (Å²) in [4.78, 5) is 23.3. The highest BCUT2D eigenvalue weighted by molar-refractivity contribution is 5.81. The second-order valence-corrected chi connectivity index (χ2v) is 5.71. The summed E-state index contributed by atoms with van der Waals surface area (Å²) in [7, 11) is 1.28. The molecule has 0 fully saturated rings. The zero-order valence-corrected chi connectivity index (χ0v) is 13.6. The number of esters is 1. The van der Waals surface area contributed by atoms with Gasteiger partial charge in [0.2, 0.25) is 0 Å². The van der Waals surface area contributed by atoms with Crippen LogP contribution in [0.2, 0.25) is 0 Å². The average Bonchev–Trinajstić information content (AvgIpc) is 2.93. The Labute approximate surface area is 140 Å². The van der Waals surface area contributed by atoms with E-state index >= 15 is 0 Å². The van der Waals surface area contributed by atoms with Crippen molar-refractivity contribution >= 4 is 12.1 Å². The van der Waals surface area contributed by atoms with E-state index in [1.54, 1.807) is 6.92 Å². The standard InChI is InChI=1S/C19H19NO4/c1-12(18(21)23-2)20-19(22)24-11-17-15-9-5-3-7-13(15)14-8-4-6-10-16(14)17/h3-10,12,17H,11H2,1-2H3,(H,20,22)/t12-/m1/s1. The zero-order chi connectivity index (χ0) is 17.1. The lowest BCUT2D eigenvalue weighted by Crippen LogP contribution is -2.39. The van der Waals surface area contributed by atoms with Crippen LogP contribution in [0.5, 0.6) is 0 Å². The Bertz CT molecular complexity index is 726. The van der Waals surface area contributed by atoms with Crippen LogP contribution in [0.3, 0.4) is 0 Å². The smallest absolute Gasteiger partial charge is 0.407 e. The van der Waals surface area contributed by atoms with Gasteiger partial charge in [0, 0.05) is 5.92 Å². The number of hydrogen-bond donors (Lipinski definition) is 1. The topological polar surface area (TPSA) is 64.6 Å². The monoisotopic (exact) mass is 325 g/mol. The molecule has 24 heavy (non-hydrogen) atoms.